The van der Waals surface area contributed by atoms with Crippen LogP contribution < -0.4 is 0 Å². The number of halogens is 7. The Bertz CT molecular complexity index is 1390. The fourth-order valence-electron chi connectivity index (χ4n) is 4.52. The summed E-state index contributed by atoms with van der Waals surface area (Å²) in [7, 11) is -3.20. The number of aromatic nitrogens is 1. The van der Waals surface area contributed by atoms with Crippen molar-refractivity contribution in [3.05, 3.63) is 63.1 Å². The van der Waals surface area contributed by atoms with E-state index >= 15 is 4.39 Å². The maximum Gasteiger partial charge on any atom is 0.435 e. The molecule has 2 aromatic rings. The lowest BCUT2D eigenvalue weighted by molar-refractivity contribution is -0.275. The smallest absolute Gasteiger partial charge is 0.374 e. The number of hydrogen-bond donors (Lipinski definition) is 0. The number of carbonyl (C=O) groups excluding carboxylic acids is 1. The number of rotatable bonds is 4. The molecule has 0 bridgehead atoms. The molecule has 0 aliphatic carbocycles. The molecule has 0 saturated carbocycles. The number of pyridine rings is 1. The van der Waals surface area contributed by atoms with Gasteiger partial charge in [0.1, 0.15) is 0 Å². The molecule has 0 spiro atoms. The van der Waals surface area contributed by atoms with Crippen molar-refractivity contribution in [1.29, 1.82) is 0 Å². The molecule has 1 unspecified atom stereocenters. The molecule has 5 rings (SSSR count). The van der Waals surface area contributed by atoms with Gasteiger partial charge in [-0.05, 0) is 24.3 Å². The summed E-state index contributed by atoms with van der Waals surface area (Å²) in [5.41, 5.74) is -5.56. The van der Waals surface area contributed by atoms with E-state index in [4.69, 9.17) is 28.0 Å². The van der Waals surface area contributed by atoms with Crippen LogP contribution in [0.1, 0.15) is 23.2 Å². The molecule has 1 amide bonds. The zero-order valence-corrected chi connectivity index (χ0v) is 20.9. The van der Waals surface area contributed by atoms with Gasteiger partial charge in [0.15, 0.2) is 21.3 Å². The molecule has 0 radical (unpaired) electrons. The fourth-order valence-corrected chi connectivity index (χ4v) is 6.42. The van der Waals surface area contributed by atoms with Gasteiger partial charge < -0.3 is 9.74 Å². The van der Waals surface area contributed by atoms with E-state index in [2.05, 4.69) is 10.1 Å². The molecule has 3 aliphatic heterocycles. The van der Waals surface area contributed by atoms with Gasteiger partial charge in [0, 0.05) is 17.3 Å². The van der Waals surface area contributed by atoms with E-state index in [0.29, 0.717) is 0 Å². The maximum atomic E-state index is 15.3. The molecule has 3 aliphatic rings. The van der Waals surface area contributed by atoms with Gasteiger partial charge in [0.25, 0.3) is 5.60 Å². The number of alkyl halides is 4. The van der Waals surface area contributed by atoms with E-state index in [9.17, 15) is 30.8 Å². The minimum atomic E-state index is -4.99. The van der Waals surface area contributed by atoms with E-state index in [1.54, 1.807) is 0 Å². The summed E-state index contributed by atoms with van der Waals surface area (Å²) in [6.45, 7) is -0.635. The van der Waals surface area contributed by atoms with Crippen molar-refractivity contribution < 1.29 is 40.0 Å². The first-order chi connectivity index (χ1) is 17.1. The van der Waals surface area contributed by atoms with Crippen LogP contribution in [0.15, 0.2) is 35.6 Å². The van der Waals surface area contributed by atoms with E-state index in [1.807, 2.05) is 0 Å². The van der Waals surface area contributed by atoms with Crippen LogP contribution in [-0.2, 0) is 30.7 Å². The number of oxime groups is 1. The highest BCUT2D eigenvalue weighted by molar-refractivity contribution is 7.92. The van der Waals surface area contributed by atoms with E-state index in [1.165, 1.54) is 17.0 Å². The lowest BCUT2D eigenvalue weighted by Gasteiger charge is -2.46. The molecule has 1 aromatic heterocycles. The van der Waals surface area contributed by atoms with Gasteiger partial charge in [-0.3, -0.25) is 9.78 Å². The summed E-state index contributed by atoms with van der Waals surface area (Å²) in [5, 5.41) is 2.34. The molecule has 198 valence electrons. The first kappa shape index (κ1) is 26.1. The predicted octanol–water partition coefficient (Wildman–Crippen LogP) is 4.16. The molecule has 15 heteroatoms. The Labute approximate surface area is 217 Å². The number of likely N-dealkylation sites (tertiary alicyclic amines) is 1. The minimum Gasteiger partial charge on any atom is -0.374 e. The maximum absolute atomic E-state index is 15.3. The lowest BCUT2D eigenvalue weighted by atomic mass is 9.86. The number of carbonyl (C=O) groups is 1. The Balaban J connectivity index is 1.31. The predicted molar refractivity (Wildman–Crippen MR) is 122 cm³/mol. The second-order valence-electron chi connectivity index (χ2n) is 9.25. The summed E-state index contributed by atoms with van der Waals surface area (Å²) in [5.74, 6) is -2.70. The number of nitrogens with zero attached hydrogens (tertiary/aromatic N) is 3. The van der Waals surface area contributed by atoms with Gasteiger partial charge in [-0.25, -0.2) is 17.2 Å². The summed E-state index contributed by atoms with van der Waals surface area (Å²) < 4.78 is 94.1. The van der Waals surface area contributed by atoms with Crippen molar-refractivity contribution in [3.8, 4) is 0 Å². The average molecular weight is 584 g/mol. The minimum absolute atomic E-state index is 0.0415. The van der Waals surface area contributed by atoms with Crippen LogP contribution in [0.25, 0.3) is 0 Å². The largest absolute Gasteiger partial charge is 0.435 e. The zero-order chi connectivity index (χ0) is 27.0. The van der Waals surface area contributed by atoms with Crippen molar-refractivity contribution in [2.45, 2.75) is 23.9 Å². The van der Waals surface area contributed by atoms with Gasteiger partial charge >= 0.3 is 6.18 Å². The molecule has 37 heavy (non-hydrogen) atoms. The van der Waals surface area contributed by atoms with Crippen LogP contribution in [0.2, 0.25) is 10.0 Å². The van der Waals surface area contributed by atoms with E-state index in [-0.39, 0.29) is 41.6 Å². The molecule has 0 N–H and O–H groups in total. The van der Waals surface area contributed by atoms with Crippen LogP contribution >= 0.6 is 23.2 Å². The zero-order valence-electron chi connectivity index (χ0n) is 18.5. The molecule has 2 fully saturated rings. The summed E-state index contributed by atoms with van der Waals surface area (Å²) in [6.07, 6.45) is -4.65. The topological polar surface area (TPSA) is 88.9 Å². The van der Waals surface area contributed by atoms with Crippen molar-refractivity contribution >= 4 is 44.7 Å². The van der Waals surface area contributed by atoms with Crippen LogP contribution in [0.5, 0.6) is 0 Å². The van der Waals surface area contributed by atoms with Crippen molar-refractivity contribution in [2.24, 2.45) is 11.1 Å². The quantitative estimate of drug-likeness (QED) is 0.398. The van der Waals surface area contributed by atoms with Crippen molar-refractivity contribution in [1.82, 2.24) is 9.88 Å². The molecular formula is C22H16Cl2F5N3O4S. The first-order valence-corrected chi connectivity index (χ1v) is 13.3. The van der Waals surface area contributed by atoms with Crippen LogP contribution in [0, 0.1) is 11.7 Å². The molecule has 1 aromatic carbocycles. The SMILES string of the molecule is O=C(C1CS(=O)(=O)C1)N1CC(F)(c2ccc(C3=NOC(c4cc(Cl)c(F)c(Cl)c4)(C(F)(F)F)C3)cn2)C1. The van der Waals surface area contributed by atoms with E-state index in [0.717, 1.165) is 18.3 Å². The van der Waals surface area contributed by atoms with Gasteiger partial charge in [0.05, 0.1) is 58.4 Å². The fraction of sp³-hybridized carbons (Fsp3) is 0.409. The normalized spacial score (nSPS) is 24.6. The monoisotopic (exact) mass is 583 g/mol. The second kappa shape index (κ2) is 8.50. The summed E-state index contributed by atoms with van der Waals surface area (Å²) in [6, 6.07) is 4.13. The summed E-state index contributed by atoms with van der Waals surface area (Å²) >= 11 is 11.4. The third-order valence-corrected chi connectivity index (χ3v) is 9.02. The number of benzene rings is 1. The Morgan fingerprint density at radius 2 is 1.76 bits per heavy atom. The Morgan fingerprint density at radius 1 is 1.14 bits per heavy atom. The number of sulfone groups is 1. The third kappa shape index (κ3) is 4.34. The van der Waals surface area contributed by atoms with E-state index < -0.39 is 67.0 Å². The van der Waals surface area contributed by atoms with Crippen LogP contribution in [-0.4, -0.2) is 60.7 Å². The highest BCUT2D eigenvalue weighted by atomic mass is 35.5. The van der Waals surface area contributed by atoms with Gasteiger partial charge in [0.2, 0.25) is 5.91 Å². The summed E-state index contributed by atoms with van der Waals surface area (Å²) in [4.78, 5) is 22.4. The third-order valence-electron chi connectivity index (χ3n) is 6.65. The lowest BCUT2D eigenvalue weighted by Crippen LogP contribution is -2.62. The first-order valence-electron chi connectivity index (χ1n) is 10.8. The Morgan fingerprint density at radius 3 is 2.27 bits per heavy atom. The second-order valence-corrected chi connectivity index (χ2v) is 12.2. The van der Waals surface area contributed by atoms with Gasteiger partial charge in [-0.1, -0.05) is 28.4 Å². The number of hydrogen-bond acceptors (Lipinski definition) is 6. The number of amides is 1. The Hall–Kier alpha value is -2.51. The van der Waals surface area contributed by atoms with Crippen LogP contribution in [0.3, 0.4) is 0 Å². The van der Waals surface area contributed by atoms with Crippen molar-refractivity contribution in [3.63, 3.8) is 0 Å². The molecule has 4 heterocycles. The average Bonchev–Trinajstić information content (AvgIpc) is 3.25. The highest BCUT2D eigenvalue weighted by Gasteiger charge is 2.62. The van der Waals surface area contributed by atoms with Gasteiger partial charge in [-0.2, -0.15) is 13.2 Å². The van der Waals surface area contributed by atoms with Crippen LogP contribution in [0.4, 0.5) is 22.0 Å². The molecular weight excluding hydrogens is 568 g/mol. The standard InChI is InChI=1S/C22H16Cl2F5N3O4S/c23-14-3-13(4-15(24)18(14)25)21(22(27,28)29)5-16(31-36-21)11-1-2-17(30-6-11)20(26)9-32(10-20)19(33)12-7-37(34,35)8-12/h1-4,6,12H,5,7-10H2. The highest BCUT2D eigenvalue weighted by Crippen LogP contribution is 2.50. The van der Waals surface area contributed by atoms with Crippen molar-refractivity contribution in [2.75, 3.05) is 24.6 Å². The Kier molecular flexibility index (Phi) is 6.00. The molecule has 7 nitrogen and oxygen atoms in total. The van der Waals surface area contributed by atoms with Gasteiger partial charge in [-0.15, -0.1) is 0 Å². The molecule has 1 atom stereocenters. The molecule has 2 saturated heterocycles.